The minimum atomic E-state index is -3.41. The summed E-state index contributed by atoms with van der Waals surface area (Å²) in [5.74, 6) is -1.10. The second kappa shape index (κ2) is 14.9. The van der Waals surface area contributed by atoms with Crippen molar-refractivity contribution in [1.82, 2.24) is 10.3 Å². The van der Waals surface area contributed by atoms with Crippen molar-refractivity contribution in [2.45, 2.75) is 58.3 Å². The number of carbonyl (C=O) groups is 2. The molecule has 0 fully saturated rings. The Morgan fingerprint density at radius 1 is 1.00 bits per heavy atom. The fourth-order valence-corrected chi connectivity index (χ4v) is 5.51. The number of carboxylic acids is 1. The van der Waals surface area contributed by atoms with Gasteiger partial charge in [0.25, 0.3) is 5.91 Å². The molecule has 3 aromatic carbocycles. The molecule has 0 saturated heterocycles. The van der Waals surface area contributed by atoms with E-state index in [1.807, 2.05) is 67.6 Å². The van der Waals surface area contributed by atoms with Gasteiger partial charge in [-0.1, -0.05) is 68.3 Å². The summed E-state index contributed by atoms with van der Waals surface area (Å²) in [6.07, 6.45) is 4.84. The Balaban J connectivity index is 1.59. The molecule has 0 saturated carbocycles. The Morgan fingerprint density at radius 3 is 2.41 bits per heavy atom. The van der Waals surface area contributed by atoms with Gasteiger partial charge in [-0.25, -0.2) is 18.2 Å². The van der Waals surface area contributed by atoms with Crippen molar-refractivity contribution < 1.29 is 32.3 Å². The number of oxazole rings is 1. The van der Waals surface area contributed by atoms with Crippen molar-refractivity contribution in [2.75, 3.05) is 12.0 Å². The number of hydrogen-bond donors (Lipinski definition) is 2. The minimum Gasteiger partial charge on any atom is -0.480 e. The smallest absolute Gasteiger partial charge is 0.326 e. The van der Waals surface area contributed by atoms with E-state index in [9.17, 15) is 23.1 Å². The summed E-state index contributed by atoms with van der Waals surface area (Å²) in [5, 5.41) is 12.2. The number of ether oxygens (including phenoxy) is 1. The molecule has 0 bridgehead atoms. The van der Waals surface area contributed by atoms with Crippen LogP contribution in [0, 0.1) is 6.92 Å². The molecule has 2 atom stereocenters. The van der Waals surface area contributed by atoms with Gasteiger partial charge in [-0.3, -0.25) is 4.79 Å². The van der Waals surface area contributed by atoms with E-state index in [0.717, 1.165) is 47.8 Å². The lowest BCUT2D eigenvalue weighted by atomic mass is 9.93. The topological polar surface area (TPSA) is 136 Å². The Labute approximate surface area is 258 Å². The Bertz CT molecular complexity index is 1680. The zero-order valence-corrected chi connectivity index (χ0v) is 26.0. The lowest BCUT2D eigenvalue weighted by molar-refractivity contribution is -0.139. The predicted octanol–water partition coefficient (Wildman–Crippen LogP) is 6.38. The van der Waals surface area contributed by atoms with Crippen LogP contribution in [0.3, 0.4) is 0 Å². The number of rotatable bonds is 15. The molecule has 0 aliphatic rings. The number of sulfone groups is 1. The van der Waals surface area contributed by atoms with Gasteiger partial charge in [0.15, 0.2) is 5.76 Å². The fourth-order valence-electron chi connectivity index (χ4n) is 4.85. The standard InChI is InChI=1S/C34H38N2O7S/c1-4-5-15-30(31-21-35-33(43-31)25-12-7-6-8-13-25)42-22-24-16-17-27(28(20-24)26-14-10-9-11-23(26)2)32(37)36-29(34(38)39)18-19-44(3,40)41/h6-14,16-17,20-21,29-30H,4-5,15,18-19,22H2,1-3H3,(H,36,37)(H,38,39). The number of hydrogen-bond acceptors (Lipinski definition) is 7. The van der Waals surface area contributed by atoms with Crippen molar-refractivity contribution in [3.8, 4) is 22.6 Å². The molecule has 0 aliphatic carbocycles. The number of carboxylic acid groups (broad SMARTS) is 1. The number of aliphatic carboxylic acids is 1. The van der Waals surface area contributed by atoms with Crippen LogP contribution in [0.25, 0.3) is 22.6 Å². The molecule has 232 valence electrons. The van der Waals surface area contributed by atoms with E-state index in [4.69, 9.17) is 9.15 Å². The first kappa shape index (κ1) is 32.6. The molecule has 1 amide bonds. The highest BCUT2D eigenvalue weighted by Crippen LogP contribution is 2.32. The maximum absolute atomic E-state index is 13.4. The van der Waals surface area contributed by atoms with Crippen molar-refractivity contribution in [2.24, 2.45) is 0 Å². The van der Waals surface area contributed by atoms with E-state index >= 15 is 0 Å². The molecular formula is C34H38N2O7S. The number of nitrogens with zero attached hydrogens (tertiary/aromatic N) is 1. The van der Waals surface area contributed by atoms with Crippen LogP contribution in [0.15, 0.2) is 83.4 Å². The number of unbranched alkanes of at least 4 members (excludes halogenated alkanes) is 1. The predicted molar refractivity (Wildman–Crippen MR) is 169 cm³/mol. The molecule has 1 aromatic heterocycles. The highest BCUT2D eigenvalue weighted by atomic mass is 32.2. The Kier molecular flexibility index (Phi) is 11.1. The van der Waals surface area contributed by atoms with Gasteiger partial charge in [-0.15, -0.1) is 0 Å². The number of aromatic nitrogens is 1. The molecule has 0 aliphatic heterocycles. The largest absolute Gasteiger partial charge is 0.480 e. The third-order valence-electron chi connectivity index (χ3n) is 7.28. The van der Waals surface area contributed by atoms with Crippen molar-refractivity contribution in [3.63, 3.8) is 0 Å². The van der Waals surface area contributed by atoms with E-state index in [-0.39, 0.29) is 30.4 Å². The number of aryl methyl sites for hydroxylation is 1. The summed E-state index contributed by atoms with van der Waals surface area (Å²) in [4.78, 5) is 29.7. The molecule has 2 unspecified atom stereocenters. The third kappa shape index (κ3) is 8.87. The molecule has 1 heterocycles. The van der Waals surface area contributed by atoms with Crippen LogP contribution in [-0.4, -0.2) is 48.4 Å². The average Bonchev–Trinajstić information content (AvgIpc) is 3.49. The number of benzene rings is 3. The van der Waals surface area contributed by atoms with Gasteiger partial charge in [0.2, 0.25) is 5.89 Å². The zero-order valence-electron chi connectivity index (χ0n) is 25.2. The maximum atomic E-state index is 13.4. The van der Waals surface area contributed by atoms with Crippen LogP contribution in [0.4, 0.5) is 0 Å². The van der Waals surface area contributed by atoms with Crippen LogP contribution in [0.2, 0.25) is 0 Å². The maximum Gasteiger partial charge on any atom is 0.326 e. The van der Waals surface area contributed by atoms with Crippen molar-refractivity contribution in [3.05, 3.63) is 101 Å². The molecule has 9 nitrogen and oxygen atoms in total. The van der Waals surface area contributed by atoms with Crippen LogP contribution in [0.1, 0.15) is 66.0 Å². The van der Waals surface area contributed by atoms with Crippen LogP contribution < -0.4 is 5.32 Å². The summed E-state index contributed by atoms with van der Waals surface area (Å²) in [6.45, 7) is 4.28. The molecule has 10 heteroatoms. The van der Waals surface area contributed by atoms with Gasteiger partial charge < -0.3 is 19.6 Å². The first-order chi connectivity index (χ1) is 21.1. The summed E-state index contributed by atoms with van der Waals surface area (Å²) >= 11 is 0. The highest BCUT2D eigenvalue weighted by Gasteiger charge is 2.25. The first-order valence-electron chi connectivity index (χ1n) is 14.6. The second-order valence-corrected chi connectivity index (χ2v) is 13.1. The lowest BCUT2D eigenvalue weighted by Gasteiger charge is -2.19. The van der Waals surface area contributed by atoms with Gasteiger partial charge in [-0.05, 0) is 66.3 Å². The van der Waals surface area contributed by atoms with Crippen LogP contribution >= 0.6 is 0 Å². The third-order valence-corrected chi connectivity index (χ3v) is 8.25. The van der Waals surface area contributed by atoms with Crippen molar-refractivity contribution in [1.29, 1.82) is 0 Å². The van der Waals surface area contributed by atoms with E-state index < -0.39 is 27.8 Å². The van der Waals surface area contributed by atoms with Crippen molar-refractivity contribution >= 4 is 21.7 Å². The van der Waals surface area contributed by atoms with Gasteiger partial charge in [0.1, 0.15) is 22.0 Å². The zero-order chi connectivity index (χ0) is 31.7. The fraction of sp³-hybridized carbons (Fsp3) is 0.324. The van der Waals surface area contributed by atoms with Gasteiger partial charge >= 0.3 is 5.97 Å². The first-order valence-corrected chi connectivity index (χ1v) is 16.6. The summed E-state index contributed by atoms with van der Waals surface area (Å²) in [7, 11) is -3.41. The molecule has 4 aromatic rings. The Hall–Kier alpha value is -4.28. The molecular weight excluding hydrogens is 580 g/mol. The molecule has 2 N–H and O–H groups in total. The second-order valence-electron chi connectivity index (χ2n) is 10.9. The number of carbonyl (C=O) groups excluding carboxylic acids is 1. The van der Waals surface area contributed by atoms with Crippen LogP contribution in [0.5, 0.6) is 0 Å². The van der Waals surface area contributed by atoms with Gasteiger partial charge in [0, 0.05) is 17.4 Å². The Morgan fingerprint density at radius 2 is 1.73 bits per heavy atom. The number of nitrogens with one attached hydrogen (secondary N) is 1. The number of amides is 1. The lowest BCUT2D eigenvalue weighted by Crippen LogP contribution is -2.42. The molecule has 44 heavy (non-hydrogen) atoms. The minimum absolute atomic E-state index is 0.238. The van der Waals surface area contributed by atoms with Gasteiger partial charge in [0.05, 0.1) is 18.6 Å². The van der Waals surface area contributed by atoms with E-state index in [0.29, 0.717) is 17.2 Å². The summed E-state index contributed by atoms with van der Waals surface area (Å²) in [5.41, 5.74) is 4.33. The van der Waals surface area contributed by atoms with Crippen LogP contribution in [-0.2, 0) is 26.0 Å². The molecule has 0 spiro atoms. The monoisotopic (exact) mass is 618 g/mol. The van der Waals surface area contributed by atoms with E-state index in [1.165, 1.54) is 0 Å². The normalized spacial score (nSPS) is 12.9. The summed E-state index contributed by atoms with van der Waals surface area (Å²) < 4.78 is 35.7. The average molecular weight is 619 g/mol. The summed E-state index contributed by atoms with van der Waals surface area (Å²) in [6, 6.07) is 21.2. The molecule has 0 radical (unpaired) electrons. The SMILES string of the molecule is CCCCC(OCc1ccc(C(=O)NC(CCS(C)(=O)=O)C(=O)O)c(-c2ccccc2C)c1)c1cnc(-c2ccccc2)o1. The quantitative estimate of drug-likeness (QED) is 0.157. The van der Waals surface area contributed by atoms with E-state index in [1.54, 1.807) is 18.3 Å². The highest BCUT2D eigenvalue weighted by molar-refractivity contribution is 7.90. The van der Waals surface area contributed by atoms with E-state index in [2.05, 4.69) is 17.2 Å². The van der Waals surface area contributed by atoms with Gasteiger partial charge in [-0.2, -0.15) is 0 Å². The molecule has 4 rings (SSSR count).